The average Bonchev–Trinajstić information content (AvgIpc) is 3.39. The Morgan fingerprint density at radius 1 is 0.432 bits per heavy atom. The Morgan fingerprint density at radius 2 is 0.838 bits per heavy atom. The van der Waals surface area contributed by atoms with Crippen molar-refractivity contribution >= 4 is 11.9 Å². The van der Waals surface area contributed by atoms with Crippen LogP contribution in [-0.4, -0.2) is 142 Å². The van der Waals surface area contributed by atoms with Gasteiger partial charge in [-0.25, -0.2) is 0 Å². The summed E-state index contributed by atoms with van der Waals surface area (Å²) >= 11 is 0. The number of rotatable bonds is 44. The fraction of sp³-hybridized carbons (Fsp3) is 0.763. The van der Waals surface area contributed by atoms with Gasteiger partial charge in [-0.15, -0.1) is 0 Å². The summed E-state index contributed by atoms with van der Waals surface area (Å²) in [6.45, 7) is 2.49. The molecule has 74 heavy (non-hydrogen) atoms. The Balaban J connectivity index is 1.80. The van der Waals surface area contributed by atoms with E-state index in [1.807, 2.05) is 12.2 Å². The molecule has 0 bridgehead atoms. The molecule has 2 aliphatic rings. The fourth-order valence-electron chi connectivity index (χ4n) is 8.49. The molecule has 426 valence electrons. The summed E-state index contributed by atoms with van der Waals surface area (Å²) in [6, 6.07) is 0. The van der Waals surface area contributed by atoms with Crippen LogP contribution in [0.2, 0.25) is 0 Å². The fourth-order valence-corrected chi connectivity index (χ4v) is 8.49. The molecular weight excluding hydrogens is 949 g/mol. The first-order chi connectivity index (χ1) is 36.0. The normalized spacial score (nSPS) is 25.2. The highest BCUT2D eigenvalue weighted by Crippen LogP contribution is 2.26. The molecule has 2 heterocycles. The van der Waals surface area contributed by atoms with Crippen LogP contribution >= 0.6 is 0 Å². The number of hydrogen-bond donors (Lipinski definition) is 7. The van der Waals surface area contributed by atoms with E-state index >= 15 is 0 Å². The van der Waals surface area contributed by atoms with E-state index in [2.05, 4.69) is 74.6 Å². The van der Waals surface area contributed by atoms with Gasteiger partial charge in [-0.1, -0.05) is 177 Å². The lowest BCUT2D eigenvalue weighted by molar-refractivity contribution is -0.332. The Hall–Kier alpha value is -3.06. The number of aliphatic hydroxyl groups is 7. The molecule has 0 aromatic carbocycles. The maximum atomic E-state index is 13.0. The summed E-state index contributed by atoms with van der Waals surface area (Å²) < 4.78 is 33.6. The van der Waals surface area contributed by atoms with Crippen molar-refractivity contribution in [1.82, 2.24) is 0 Å². The van der Waals surface area contributed by atoms with Gasteiger partial charge in [-0.2, -0.15) is 0 Å². The zero-order valence-corrected chi connectivity index (χ0v) is 45.3. The van der Waals surface area contributed by atoms with Crippen molar-refractivity contribution in [1.29, 1.82) is 0 Å². The molecular formula is C59H100O15. The van der Waals surface area contributed by atoms with Crippen LogP contribution in [0.15, 0.2) is 72.9 Å². The second-order valence-corrected chi connectivity index (χ2v) is 19.8. The smallest absolute Gasteiger partial charge is 0.306 e. The van der Waals surface area contributed by atoms with Crippen molar-refractivity contribution in [2.45, 2.75) is 261 Å². The van der Waals surface area contributed by atoms with Crippen molar-refractivity contribution in [2.75, 3.05) is 26.4 Å². The minimum Gasteiger partial charge on any atom is -0.462 e. The quantitative estimate of drug-likeness (QED) is 0.0171. The number of esters is 2. The van der Waals surface area contributed by atoms with Crippen LogP contribution in [0.5, 0.6) is 0 Å². The minimum absolute atomic E-state index is 0.0388. The summed E-state index contributed by atoms with van der Waals surface area (Å²) in [4.78, 5) is 25.8. The zero-order chi connectivity index (χ0) is 53.9. The summed E-state index contributed by atoms with van der Waals surface area (Å²) in [5.74, 6) is -1.02. The summed E-state index contributed by atoms with van der Waals surface area (Å²) in [5.41, 5.74) is 0. The summed E-state index contributed by atoms with van der Waals surface area (Å²) in [5, 5.41) is 72.2. The highest BCUT2D eigenvalue weighted by Gasteiger charge is 2.47. The molecule has 0 aromatic rings. The number of unbranched alkanes of at least 4 members (excludes halogenated alkanes) is 18. The van der Waals surface area contributed by atoms with Gasteiger partial charge >= 0.3 is 11.9 Å². The van der Waals surface area contributed by atoms with Crippen LogP contribution in [0, 0.1) is 0 Å². The number of hydrogen-bond acceptors (Lipinski definition) is 15. The highest BCUT2D eigenvalue weighted by atomic mass is 16.7. The van der Waals surface area contributed by atoms with E-state index in [1.54, 1.807) is 0 Å². The van der Waals surface area contributed by atoms with Gasteiger partial charge in [-0.3, -0.25) is 9.59 Å². The molecule has 0 radical (unpaired) electrons. The molecule has 0 aliphatic carbocycles. The Morgan fingerprint density at radius 3 is 1.36 bits per heavy atom. The molecule has 7 N–H and O–H groups in total. The van der Waals surface area contributed by atoms with Crippen LogP contribution < -0.4 is 0 Å². The second-order valence-electron chi connectivity index (χ2n) is 19.8. The number of carbonyl (C=O) groups excluding carboxylic acids is 2. The van der Waals surface area contributed by atoms with Crippen LogP contribution in [0.3, 0.4) is 0 Å². The van der Waals surface area contributed by atoms with E-state index < -0.39 is 99.3 Å². The van der Waals surface area contributed by atoms with E-state index in [-0.39, 0.29) is 19.4 Å². The highest BCUT2D eigenvalue weighted by molar-refractivity contribution is 5.70. The lowest BCUT2D eigenvalue weighted by Gasteiger charge is -2.42. The van der Waals surface area contributed by atoms with Crippen LogP contribution in [0.4, 0.5) is 0 Å². The maximum absolute atomic E-state index is 13.0. The third kappa shape index (κ3) is 31.9. The summed E-state index contributed by atoms with van der Waals surface area (Å²) in [6.07, 6.45) is 37.9. The molecule has 15 nitrogen and oxygen atoms in total. The molecule has 11 atom stereocenters. The van der Waals surface area contributed by atoms with E-state index in [4.69, 9.17) is 28.4 Å². The van der Waals surface area contributed by atoms with E-state index in [0.717, 1.165) is 51.4 Å². The predicted octanol–water partition coefficient (Wildman–Crippen LogP) is 9.38. The van der Waals surface area contributed by atoms with Gasteiger partial charge in [0.25, 0.3) is 0 Å². The standard InChI is InChI=1S/C59H100O15/c1-3-5-7-9-11-13-15-17-19-21-23-25-27-29-31-33-35-37-39-41-50(61)69-44-47(72-51(62)42-40-38-36-34-32-30-28-26-24-22-20-18-16-14-12-10-8-6-4-2)45-70-58-57(68)55(66)53(64)49(74-58)46-71-59-56(67)54(65)52(63)48(43-60)73-59/h12,14,17-20,24,26,30,32,36,38,47-49,52-60,63-68H,3-11,13,15-16,21-23,25,27-29,31,33-35,37,39-46H2,1-2H3/b14-12+,19-17+,20-18+,26-24+,32-30+,38-36+/t47-,48+,49+,52-,53-,54?,55?,56?,57?,58+,59+/m0/s1. The van der Waals surface area contributed by atoms with Crippen molar-refractivity contribution in [3.63, 3.8) is 0 Å². The average molecular weight is 1050 g/mol. The second kappa shape index (κ2) is 45.0. The first-order valence-electron chi connectivity index (χ1n) is 28.5. The van der Waals surface area contributed by atoms with Gasteiger partial charge in [-0.05, 0) is 77.0 Å². The lowest BCUT2D eigenvalue weighted by Crippen LogP contribution is -2.61. The van der Waals surface area contributed by atoms with Crippen LogP contribution in [0.25, 0.3) is 0 Å². The van der Waals surface area contributed by atoms with Gasteiger partial charge in [0.05, 0.1) is 19.8 Å². The van der Waals surface area contributed by atoms with Gasteiger partial charge in [0.1, 0.15) is 55.4 Å². The maximum Gasteiger partial charge on any atom is 0.306 e. The molecule has 15 heteroatoms. The van der Waals surface area contributed by atoms with Crippen LogP contribution in [-0.2, 0) is 38.0 Å². The molecule has 2 fully saturated rings. The van der Waals surface area contributed by atoms with Crippen molar-refractivity contribution in [3.8, 4) is 0 Å². The molecule has 0 aromatic heterocycles. The lowest BCUT2D eigenvalue weighted by atomic mass is 9.98. The predicted molar refractivity (Wildman–Crippen MR) is 289 cm³/mol. The first-order valence-corrected chi connectivity index (χ1v) is 28.5. The Bertz CT molecular complexity index is 1560. The van der Waals surface area contributed by atoms with Crippen molar-refractivity contribution < 1.29 is 73.8 Å². The topological polar surface area (TPSA) is 231 Å². The molecule has 2 aliphatic heterocycles. The Labute approximate surface area is 444 Å². The number of aliphatic hydroxyl groups excluding tert-OH is 7. The first kappa shape index (κ1) is 67.1. The zero-order valence-electron chi connectivity index (χ0n) is 45.3. The largest absolute Gasteiger partial charge is 0.462 e. The van der Waals surface area contributed by atoms with E-state index in [9.17, 15) is 45.3 Å². The van der Waals surface area contributed by atoms with Gasteiger partial charge in [0, 0.05) is 12.8 Å². The van der Waals surface area contributed by atoms with Crippen molar-refractivity contribution in [2.24, 2.45) is 0 Å². The van der Waals surface area contributed by atoms with Gasteiger partial charge in [0.2, 0.25) is 0 Å². The monoisotopic (exact) mass is 1050 g/mol. The summed E-state index contributed by atoms with van der Waals surface area (Å²) in [7, 11) is 0. The third-order valence-electron chi connectivity index (χ3n) is 13.2. The SMILES string of the molecule is CCCCC/C=C/C/C=C/C/C=C/C/C=C/C/C=C/CCC(=O)O[C@@H](COC(=O)CCCCCCCCCCC/C=C/CCCCCCCC)CO[C@@H]1O[C@H](CO[C@@H]2O[C@H](CO)[C@H](O)C(O)C2O)[C@H](O)C(O)C1O. The minimum atomic E-state index is -1.78. The molecule has 2 saturated heterocycles. The van der Waals surface area contributed by atoms with Gasteiger partial charge < -0.3 is 64.2 Å². The number of allylic oxidation sites excluding steroid dienone is 12. The molecule has 0 saturated carbocycles. The van der Waals surface area contributed by atoms with E-state index in [0.29, 0.717) is 19.3 Å². The van der Waals surface area contributed by atoms with Crippen molar-refractivity contribution in [3.05, 3.63) is 72.9 Å². The van der Waals surface area contributed by atoms with E-state index in [1.165, 1.54) is 96.3 Å². The molecule has 0 spiro atoms. The molecule has 0 amide bonds. The third-order valence-corrected chi connectivity index (χ3v) is 13.2. The number of ether oxygens (including phenoxy) is 6. The molecule has 4 unspecified atom stereocenters. The number of carbonyl (C=O) groups is 2. The Kier molecular flexibility index (Phi) is 40.8. The molecule has 2 rings (SSSR count). The van der Waals surface area contributed by atoms with Crippen LogP contribution in [0.1, 0.15) is 194 Å². The van der Waals surface area contributed by atoms with Gasteiger partial charge in [0.15, 0.2) is 18.7 Å².